The van der Waals surface area contributed by atoms with Crippen LogP contribution in [-0.2, 0) is 0 Å². The molecule has 0 atom stereocenters. The Bertz CT molecular complexity index is 170. The van der Waals surface area contributed by atoms with Crippen molar-refractivity contribution < 1.29 is 4.48 Å². The largest absolute Gasteiger partial charge is 0.327 e. The van der Waals surface area contributed by atoms with Gasteiger partial charge in [0.25, 0.3) is 0 Å². The highest BCUT2D eigenvalue weighted by Crippen LogP contribution is 2.12. The average molecular weight is 138 g/mol. The Kier molecular flexibility index (Phi) is 1.95. The van der Waals surface area contributed by atoms with Crippen molar-refractivity contribution in [3.05, 3.63) is 23.8 Å². The zero-order chi connectivity index (χ0) is 7.61. The molecule has 1 nitrogen and oxygen atoms in total. The van der Waals surface area contributed by atoms with E-state index in [2.05, 4.69) is 39.4 Å². The van der Waals surface area contributed by atoms with Crippen LogP contribution in [0.2, 0.25) is 0 Å². The predicted molar refractivity (Wildman–Crippen MR) is 44.7 cm³/mol. The van der Waals surface area contributed by atoms with Gasteiger partial charge in [-0.15, -0.1) is 0 Å². The molecule has 0 heterocycles. The number of likely N-dealkylation sites (N-methyl/N-ethyl adjacent to an activating group) is 1. The summed E-state index contributed by atoms with van der Waals surface area (Å²) in [4.78, 5) is 0. The molecule has 10 heavy (non-hydrogen) atoms. The molecule has 56 valence electrons. The Morgan fingerprint density at radius 3 is 2.50 bits per heavy atom. The fourth-order valence-electron chi connectivity index (χ4n) is 1.22. The third-order valence-electron chi connectivity index (χ3n) is 1.53. The van der Waals surface area contributed by atoms with Gasteiger partial charge in [-0.3, -0.25) is 0 Å². The number of hydrogen-bond donors (Lipinski definition) is 0. The minimum absolute atomic E-state index is 1.04. The summed E-state index contributed by atoms with van der Waals surface area (Å²) in [7, 11) is 6.66. The average Bonchev–Trinajstić information content (AvgIpc) is 2.12. The second-order valence-corrected chi connectivity index (χ2v) is 3.91. The fraction of sp³-hybridized carbons (Fsp3) is 0.556. The minimum Gasteiger partial charge on any atom is -0.327 e. The summed E-state index contributed by atoms with van der Waals surface area (Å²) in [5.74, 6) is 0. The lowest BCUT2D eigenvalue weighted by molar-refractivity contribution is -0.865. The molecule has 0 saturated heterocycles. The van der Waals surface area contributed by atoms with Crippen LogP contribution in [0.5, 0.6) is 0 Å². The number of allylic oxidation sites excluding steroid dienone is 3. The first-order valence-electron chi connectivity index (χ1n) is 3.73. The van der Waals surface area contributed by atoms with Crippen molar-refractivity contribution in [1.29, 1.82) is 0 Å². The normalized spacial score (nSPS) is 17.7. The van der Waals surface area contributed by atoms with E-state index in [1.54, 1.807) is 5.57 Å². The van der Waals surface area contributed by atoms with Gasteiger partial charge >= 0.3 is 0 Å². The second-order valence-electron chi connectivity index (χ2n) is 3.91. The quantitative estimate of drug-likeness (QED) is 0.508. The van der Waals surface area contributed by atoms with E-state index in [0.717, 1.165) is 10.9 Å². The minimum atomic E-state index is 1.04. The molecule has 1 aliphatic carbocycles. The highest BCUT2D eigenvalue weighted by atomic mass is 15.3. The summed E-state index contributed by atoms with van der Waals surface area (Å²) in [6.45, 7) is 1.17. The van der Waals surface area contributed by atoms with Gasteiger partial charge in [0.2, 0.25) is 0 Å². The van der Waals surface area contributed by atoms with Crippen LogP contribution >= 0.6 is 0 Å². The van der Waals surface area contributed by atoms with E-state index < -0.39 is 0 Å². The van der Waals surface area contributed by atoms with Gasteiger partial charge in [-0.05, 0) is 12.0 Å². The lowest BCUT2D eigenvalue weighted by Gasteiger charge is -2.24. The van der Waals surface area contributed by atoms with Crippen molar-refractivity contribution in [3.63, 3.8) is 0 Å². The van der Waals surface area contributed by atoms with Crippen LogP contribution in [0.3, 0.4) is 0 Å². The molecule has 0 fully saturated rings. The van der Waals surface area contributed by atoms with E-state index in [4.69, 9.17) is 0 Å². The molecule has 0 unspecified atom stereocenters. The van der Waals surface area contributed by atoms with Crippen molar-refractivity contribution in [2.75, 3.05) is 27.7 Å². The number of quaternary nitrogens is 1. The van der Waals surface area contributed by atoms with E-state index in [1.807, 2.05) is 0 Å². The van der Waals surface area contributed by atoms with E-state index in [-0.39, 0.29) is 0 Å². The third kappa shape index (κ3) is 2.36. The molecule has 0 bridgehead atoms. The topological polar surface area (TPSA) is 0 Å². The Hall–Kier alpha value is -0.560. The van der Waals surface area contributed by atoms with Crippen molar-refractivity contribution in [3.8, 4) is 0 Å². The van der Waals surface area contributed by atoms with Crippen LogP contribution in [0.1, 0.15) is 6.42 Å². The van der Waals surface area contributed by atoms with Crippen LogP contribution in [0.25, 0.3) is 0 Å². The van der Waals surface area contributed by atoms with Crippen LogP contribution in [-0.4, -0.2) is 32.2 Å². The Morgan fingerprint density at radius 1 is 1.40 bits per heavy atom. The molecule has 0 aromatic carbocycles. The Morgan fingerprint density at radius 2 is 2.10 bits per heavy atom. The highest BCUT2D eigenvalue weighted by molar-refractivity contribution is 5.22. The van der Waals surface area contributed by atoms with Gasteiger partial charge in [0.15, 0.2) is 0 Å². The van der Waals surface area contributed by atoms with Crippen molar-refractivity contribution in [1.82, 2.24) is 0 Å². The molecule has 0 N–H and O–H groups in total. The van der Waals surface area contributed by atoms with E-state index in [9.17, 15) is 0 Å². The zero-order valence-corrected chi connectivity index (χ0v) is 7.09. The fourth-order valence-corrected chi connectivity index (χ4v) is 1.22. The molecule has 0 saturated carbocycles. The van der Waals surface area contributed by atoms with Crippen molar-refractivity contribution >= 4 is 0 Å². The first-order valence-corrected chi connectivity index (χ1v) is 3.73. The van der Waals surface area contributed by atoms with Crippen LogP contribution in [0, 0.1) is 0 Å². The van der Waals surface area contributed by atoms with E-state index in [0.29, 0.717) is 0 Å². The summed E-state index contributed by atoms with van der Waals surface area (Å²) in [6, 6.07) is 0. The van der Waals surface area contributed by atoms with Gasteiger partial charge in [-0.1, -0.05) is 18.2 Å². The number of hydrogen-bond acceptors (Lipinski definition) is 0. The monoisotopic (exact) mass is 138 g/mol. The maximum Gasteiger partial charge on any atom is 0.100 e. The highest BCUT2D eigenvalue weighted by Gasteiger charge is 2.10. The SMILES string of the molecule is C[N+](C)(C)CC1=CC=CC1. The van der Waals surface area contributed by atoms with Crippen LogP contribution in [0.15, 0.2) is 23.8 Å². The summed E-state index contributed by atoms with van der Waals surface area (Å²) < 4.78 is 1.04. The Balaban J connectivity index is 2.41. The molecule has 1 rings (SSSR count). The summed E-state index contributed by atoms with van der Waals surface area (Å²) in [6.07, 6.45) is 7.75. The predicted octanol–water partition coefficient (Wildman–Crippen LogP) is 1.58. The van der Waals surface area contributed by atoms with Gasteiger partial charge in [-0.2, -0.15) is 0 Å². The summed E-state index contributed by atoms with van der Waals surface area (Å²) in [5, 5.41) is 0. The smallest absolute Gasteiger partial charge is 0.100 e. The van der Waals surface area contributed by atoms with Crippen molar-refractivity contribution in [2.45, 2.75) is 6.42 Å². The molecule has 0 aromatic heterocycles. The molecule has 0 aromatic rings. The Labute approximate surface area is 63.2 Å². The van der Waals surface area contributed by atoms with Gasteiger partial charge in [0.05, 0.1) is 21.1 Å². The molecule has 1 heteroatoms. The molecule has 1 aliphatic rings. The standard InChI is InChI=1S/C9H16N/c1-10(2,3)8-9-6-4-5-7-9/h4-6H,7-8H2,1-3H3/q+1. The summed E-state index contributed by atoms with van der Waals surface area (Å²) >= 11 is 0. The zero-order valence-electron chi connectivity index (χ0n) is 7.09. The maximum atomic E-state index is 2.23. The van der Waals surface area contributed by atoms with E-state index in [1.165, 1.54) is 6.54 Å². The number of nitrogens with zero attached hydrogens (tertiary/aromatic N) is 1. The lowest BCUT2D eigenvalue weighted by Crippen LogP contribution is -2.35. The van der Waals surface area contributed by atoms with Crippen molar-refractivity contribution in [2.24, 2.45) is 0 Å². The van der Waals surface area contributed by atoms with Gasteiger partial charge in [0.1, 0.15) is 6.54 Å². The van der Waals surface area contributed by atoms with Crippen LogP contribution < -0.4 is 0 Å². The third-order valence-corrected chi connectivity index (χ3v) is 1.53. The summed E-state index contributed by atoms with van der Waals surface area (Å²) in [5.41, 5.74) is 1.55. The molecule has 0 spiro atoms. The maximum absolute atomic E-state index is 2.23. The van der Waals surface area contributed by atoms with Gasteiger partial charge in [-0.25, -0.2) is 0 Å². The first kappa shape index (κ1) is 7.55. The number of rotatable bonds is 2. The first-order chi connectivity index (χ1) is 4.58. The lowest BCUT2D eigenvalue weighted by atomic mass is 10.2. The second kappa shape index (κ2) is 2.59. The van der Waals surface area contributed by atoms with Gasteiger partial charge in [0, 0.05) is 0 Å². The molecular weight excluding hydrogens is 122 g/mol. The molecule has 0 aliphatic heterocycles. The molecule has 0 amide bonds. The van der Waals surface area contributed by atoms with Gasteiger partial charge < -0.3 is 4.48 Å². The van der Waals surface area contributed by atoms with E-state index >= 15 is 0 Å². The molecule has 0 radical (unpaired) electrons. The molecular formula is C9H16N+. The van der Waals surface area contributed by atoms with Crippen LogP contribution in [0.4, 0.5) is 0 Å².